The second-order valence-electron chi connectivity index (χ2n) is 7.28. The number of hydrogen-bond acceptors (Lipinski definition) is 4. The van der Waals surface area contributed by atoms with Gasteiger partial charge >= 0.3 is 5.63 Å². The fourth-order valence-electron chi connectivity index (χ4n) is 3.92. The smallest absolute Gasteiger partial charge is 0.336 e. The van der Waals surface area contributed by atoms with Crippen LogP contribution in [-0.2, 0) is 6.54 Å². The van der Waals surface area contributed by atoms with Gasteiger partial charge in [0, 0.05) is 40.9 Å². The van der Waals surface area contributed by atoms with Crippen LogP contribution in [0.5, 0.6) is 5.75 Å². The zero-order valence-corrected chi connectivity index (χ0v) is 16.1. The van der Waals surface area contributed by atoms with Crippen molar-refractivity contribution in [3.05, 3.63) is 93.8 Å². The van der Waals surface area contributed by atoms with Crippen LogP contribution in [0.4, 0.5) is 14.5 Å². The van der Waals surface area contributed by atoms with Crippen LogP contribution in [0.25, 0.3) is 22.1 Å². The molecule has 5 rings (SSSR count). The van der Waals surface area contributed by atoms with Gasteiger partial charge in [-0.2, -0.15) is 0 Å². The van der Waals surface area contributed by atoms with Crippen molar-refractivity contribution in [2.75, 3.05) is 11.6 Å². The van der Waals surface area contributed by atoms with Gasteiger partial charge in [-0.15, -0.1) is 0 Å². The van der Waals surface area contributed by atoms with Gasteiger partial charge in [-0.25, -0.2) is 13.6 Å². The lowest BCUT2D eigenvalue weighted by molar-refractivity contribution is 0.287. The molecule has 0 saturated heterocycles. The number of rotatable bonds is 2. The highest BCUT2D eigenvalue weighted by molar-refractivity contribution is 5.96. The van der Waals surface area contributed by atoms with Crippen molar-refractivity contribution in [2.45, 2.75) is 13.5 Å². The standard InChI is InChI=1S/C24H17F2NO3/c1-14-23-16(12-27(13-29-23)17-7-8-20(25)21(26)10-17)9-19-18(11-22(28)30-24(14)19)15-5-3-2-4-6-15/h2-11H,12-13H2,1H3. The molecule has 4 nitrogen and oxygen atoms in total. The molecule has 0 aliphatic carbocycles. The second-order valence-corrected chi connectivity index (χ2v) is 7.28. The number of aryl methyl sites for hydroxylation is 1. The molecular formula is C24H17F2NO3. The molecule has 0 bridgehead atoms. The van der Waals surface area contributed by atoms with Gasteiger partial charge in [0.2, 0.25) is 0 Å². The average molecular weight is 405 g/mol. The lowest BCUT2D eigenvalue weighted by atomic mass is 9.97. The average Bonchev–Trinajstić information content (AvgIpc) is 2.76. The summed E-state index contributed by atoms with van der Waals surface area (Å²) in [4.78, 5) is 14.0. The van der Waals surface area contributed by atoms with Crippen LogP contribution in [0.2, 0.25) is 0 Å². The van der Waals surface area contributed by atoms with Gasteiger partial charge in [-0.05, 0) is 36.2 Å². The fourth-order valence-corrected chi connectivity index (χ4v) is 3.92. The lowest BCUT2D eigenvalue weighted by Gasteiger charge is -2.32. The van der Waals surface area contributed by atoms with E-state index in [0.717, 1.165) is 39.8 Å². The highest BCUT2D eigenvalue weighted by atomic mass is 19.2. The Labute approximate surface area is 170 Å². The van der Waals surface area contributed by atoms with E-state index in [1.165, 1.54) is 12.1 Å². The maximum Gasteiger partial charge on any atom is 0.336 e. The summed E-state index contributed by atoms with van der Waals surface area (Å²) in [6.45, 7) is 2.48. The molecule has 0 N–H and O–H groups in total. The zero-order valence-electron chi connectivity index (χ0n) is 16.1. The highest BCUT2D eigenvalue weighted by Gasteiger charge is 2.24. The second kappa shape index (κ2) is 6.99. The fraction of sp³-hybridized carbons (Fsp3) is 0.125. The predicted octanol–water partition coefficient (Wildman–Crippen LogP) is 5.40. The van der Waals surface area contributed by atoms with Crippen LogP contribution in [-0.4, -0.2) is 6.73 Å². The topological polar surface area (TPSA) is 42.7 Å². The minimum Gasteiger partial charge on any atom is -0.472 e. The highest BCUT2D eigenvalue weighted by Crippen LogP contribution is 2.39. The lowest BCUT2D eigenvalue weighted by Crippen LogP contribution is -2.32. The van der Waals surface area contributed by atoms with E-state index in [9.17, 15) is 13.6 Å². The van der Waals surface area contributed by atoms with E-state index in [-0.39, 0.29) is 6.73 Å². The minimum atomic E-state index is -0.902. The molecule has 4 aromatic rings. The number of benzene rings is 3. The van der Waals surface area contributed by atoms with E-state index < -0.39 is 17.3 Å². The first kappa shape index (κ1) is 18.4. The molecule has 0 radical (unpaired) electrons. The molecule has 30 heavy (non-hydrogen) atoms. The summed E-state index contributed by atoms with van der Waals surface area (Å²) in [5.41, 5.74) is 3.89. The Bertz CT molecular complexity index is 1330. The Hall–Kier alpha value is -3.67. The summed E-state index contributed by atoms with van der Waals surface area (Å²) >= 11 is 0. The van der Waals surface area contributed by atoms with Gasteiger partial charge in [0.05, 0.1) is 0 Å². The summed E-state index contributed by atoms with van der Waals surface area (Å²) < 4.78 is 38.5. The quantitative estimate of drug-likeness (QED) is 0.419. The summed E-state index contributed by atoms with van der Waals surface area (Å²) in [7, 11) is 0. The van der Waals surface area contributed by atoms with Crippen molar-refractivity contribution in [1.82, 2.24) is 0 Å². The van der Waals surface area contributed by atoms with Crippen LogP contribution in [0.3, 0.4) is 0 Å². The van der Waals surface area contributed by atoms with Crippen molar-refractivity contribution >= 4 is 16.7 Å². The number of ether oxygens (including phenoxy) is 1. The molecule has 0 amide bonds. The number of anilines is 1. The normalized spacial score (nSPS) is 13.2. The third kappa shape index (κ3) is 3.01. The molecule has 0 saturated carbocycles. The number of nitrogens with zero attached hydrogens (tertiary/aromatic N) is 1. The van der Waals surface area contributed by atoms with Crippen molar-refractivity contribution in [1.29, 1.82) is 0 Å². The van der Waals surface area contributed by atoms with Crippen LogP contribution in [0, 0.1) is 18.6 Å². The Kier molecular flexibility index (Phi) is 4.28. The Balaban J connectivity index is 1.66. The van der Waals surface area contributed by atoms with Gasteiger partial charge in [-0.1, -0.05) is 30.3 Å². The van der Waals surface area contributed by atoms with E-state index in [2.05, 4.69) is 0 Å². The molecule has 0 unspecified atom stereocenters. The summed E-state index contributed by atoms with van der Waals surface area (Å²) in [5, 5.41) is 0.799. The molecule has 0 spiro atoms. The maximum atomic E-state index is 13.7. The zero-order chi connectivity index (χ0) is 20.8. The summed E-state index contributed by atoms with van der Waals surface area (Å²) in [6, 6.07) is 16.8. The largest absolute Gasteiger partial charge is 0.472 e. The van der Waals surface area contributed by atoms with Crippen LogP contribution < -0.4 is 15.3 Å². The van der Waals surface area contributed by atoms with Crippen LogP contribution in [0.15, 0.2) is 69.9 Å². The molecule has 0 atom stereocenters. The van der Waals surface area contributed by atoms with Crippen LogP contribution >= 0.6 is 0 Å². The van der Waals surface area contributed by atoms with Crippen molar-refractivity contribution < 1.29 is 17.9 Å². The predicted molar refractivity (Wildman–Crippen MR) is 111 cm³/mol. The Morgan fingerprint density at radius 1 is 0.967 bits per heavy atom. The van der Waals surface area contributed by atoms with Gasteiger partial charge in [0.25, 0.3) is 0 Å². The number of hydrogen-bond donors (Lipinski definition) is 0. The van der Waals surface area contributed by atoms with Gasteiger partial charge < -0.3 is 14.1 Å². The molecule has 1 aromatic heterocycles. The van der Waals surface area contributed by atoms with Crippen molar-refractivity contribution in [3.63, 3.8) is 0 Å². The first-order valence-corrected chi connectivity index (χ1v) is 9.50. The monoisotopic (exact) mass is 405 g/mol. The molecular weight excluding hydrogens is 388 g/mol. The number of fused-ring (bicyclic) bond motifs is 2. The van der Waals surface area contributed by atoms with E-state index in [1.54, 1.807) is 0 Å². The van der Waals surface area contributed by atoms with Crippen LogP contribution in [0.1, 0.15) is 11.1 Å². The Morgan fingerprint density at radius 2 is 1.77 bits per heavy atom. The first-order chi connectivity index (χ1) is 14.5. The molecule has 1 aliphatic rings. The summed E-state index contributed by atoms with van der Waals surface area (Å²) in [6.07, 6.45) is 0. The van der Waals surface area contributed by atoms with E-state index in [1.807, 2.05) is 48.2 Å². The molecule has 6 heteroatoms. The van der Waals surface area contributed by atoms with Gasteiger partial charge in [-0.3, -0.25) is 0 Å². The first-order valence-electron chi connectivity index (χ1n) is 9.50. The Morgan fingerprint density at radius 3 is 2.53 bits per heavy atom. The van der Waals surface area contributed by atoms with Crippen molar-refractivity contribution in [3.8, 4) is 16.9 Å². The van der Waals surface area contributed by atoms with E-state index >= 15 is 0 Å². The SMILES string of the molecule is Cc1c2c(cc3c(-c4ccccc4)cc(=O)oc13)CN(c1ccc(F)c(F)c1)CO2. The van der Waals surface area contributed by atoms with Crippen molar-refractivity contribution in [2.24, 2.45) is 0 Å². The van der Waals surface area contributed by atoms with Gasteiger partial charge in [0.1, 0.15) is 11.3 Å². The van der Waals surface area contributed by atoms with E-state index in [0.29, 0.717) is 23.6 Å². The molecule has 3 aromatic carbocycles. The molecule has 150 valence electrons. The third-order valence-electron chi connectivity index (χ3n) is 5.37. The molecule has 1 aliphatic heterocycles. The number of halogens is 2. The molecule has 0 fully saturated rings. The van der Waals surface area contributed by atoms with E-state index in [4.69, 9.17) is 9.15 Å². The minimum absolute atomic E-state index is 0.174. The summed E-state index contributed by atoms with van der Waals surface area (Å²) in [5.74, 6) is -1.14. The maximum absolute atomic E-state index is 13.7. The molecule has 2 heterocycles. The van der Waals surface area contributed by atoms with Gasteiger partial charge in [0.15, 0.2) is 18.4 Å². The third-order valence-corrected chi connectivity index (χ3v) is 5.37.